The number of carbonyl (C=O) groups excluding carboxylic acids is 2. The van der Waals surface area contributed by atoms with Crippen LogP contribution in [0.2, 0.25) is 0 Å². The molecule has 1 saturated carbocycles. The summed E-state index contributed by atoms with van der Waals surface area (Å²) < 4.78 is 59.5. The summed E-state index contributed by atoms with van der Waals surface area (Å²) in [5, 5.41) is 2.35. The molecule has 26 heavy (non-hydrogen) atoms. The molecule has 5 nitrogen and oxygen atoms in total. The maximum atomic E-state index is 13.7. The van der Waals surface area contributed by atoms with Gasteiger partial charge in [0.05, 0.1) is 5.56 Å². The van der Waals surface area contributed by atoms with Crippen LogP contribution in [0.4, 0.5) is 22.4 Å². The summed E-state index contributed by atoms with van der Waals surface area (Å²) in [6.45, 7) is -1.65. The van der Waals surface area contributed by atoms with Crippen molar-refractivity contribution >= 4 is 28.0 Å². The van der Waals surface area contributed by atoms with Crippen LogP contribution in [0.25, 0.3) is 0 Å². The van der Waals surface area contributed by atoms with E-state index >= 15 is 0 Å². The number of carbonyl (C=O) groups is 2. The predicted octanol–water partition coefficient (Wildman–Crippen LogP) is 4.34. The van der Waals surface area contributed by atoms with E-state index in [1.165, 1.54) is 12.1 Å². The normalized spacial score (nSPS) is 20.3. The summed E-state index contributed by atoms with van der Waals surface area (Å²) in [5.41, 5.74) is -0.177. The molecule has 0 radical (unpaired) electrons. The molecule has 1 N–H and O–H groups in total. The molecule has 1 aliphatic rings. The lowest BCUT2D eigenvalue weighted by molar-refractivity contribution is -0.160. The smallest absolute Gasteiger partial charge is 0.422 e. The largest absolute Gasteiger partial charge is 0.459 e. The number of benzene rings is 1. The van der Waals surface area contributed by atoms with Crippen molar-refractivity contribution in [3.05, 3.63) is 34.1 Å². The highest BCUT2D eigenvalue weighted by Crippen LogP contribution is 2.24. The Morgan fingerprint density at radius 1 is 1.19 bits per heavy atom. The fourth-order valence-corrected chi connectivity index (χ4v) is 2.88. The third-order valence-corrected chi connectivity index (χ3v) is 4.28. The van der Waals surface area contributed by atoms with E-state index in [2.05, 4.69) is 26.0 Å². The molecule has 1 aliphatic carbocycles. The highest BCUT2D eigenvalue weighted by molar-refractivity contribution is 9.10. The Morgan fingerprint density at radius 3 is 2.42 bits per heavy atom. The van der Waals surface area contributed by atoms with Gasteiger partial charge in [-0.05, 0) is 43.9 Å². The topological polar surface area (TPSA) is 64.6 Å². The molecule has 0 aliphatic heterocycles. The summed E-state index contributed by atoms with van der Waals surface area (Å²) in [7, 11) is 0. The lowest BCUT2D eigenvalue weighted by Crippen LogP contribution is -2.40. The number of hydrogen-bond donors (Lipinski definition) is 1. The molecular weight excluding hydrogens is 426 g/mol. The first-order valence-corrected chi connectivity index (χ1v) is 8.59. The SMILES string of the molecule is O=C(NC1CCC(OC(=O)c2ccc(Br)cc2F)CC1)OCC(F)(F)F. The number of rotatable bonds is 4. The number of amides is 1. The van der Waals surface area contributed by atoms with Crippen LogP contribution in [0.1, 0.15) is 36.0 Å². The molecular formula is C16H16BrF4NO4. The van der Waals surface area contributed by atoms with E-state index in [9.17, 15) is 27.2 Å². The zero-order valence-corrected chi connectivity index (χ0v) is 15.0. The van der Waals surface area contributed by atoms with Crippen molar-refractivity contribution < 1.29 is 36.6 Å². The van der Waals surface area contributed by atoms with Gasteiger partial charge >= 0.3 is 18.2 Å². The monoisotopic (exact) mass is 441 g/mol. The summed E-state index contributed by atoms with van der Waals surface area (Å²) in [6, 6.07) is 3.62. The maximum Gasteiger partial charge on any atom is 0.422 e. The lowest BCUT2D eigenvalue weighted by atomic mass is 9.93. The first-order valence-electron chi connectivity index (χ1n) is 7.80. The second kappa shape index (κ2) is 8.70. The van der Waals surface area contributed by atoms with E-state index < -0.39 is 36.8 Å². The minimum Gasteiger partial charge on any atom is -0.459 e. The van der Waals surface area contributed by atoms with Gasteiger partial charge in [0.15, 0.2) is 6.61 Å². The summed E-state index contributed by atoms with van der Waals surface area (Å²) in [4.78, 5) is 23.3. The second-order valence-electron chi connectivity index (χ2n) is 5.84. The van der Waals surface area contributed by atoms with Crippen molar-refractivity contribution in [3.8, 4) is 0 Å². The van der Waals surface area contributed by atoms with Crippen molar-refractivity contribution in [2.75, 3.05) is 6.61 Å². The molecule has 1 amide bonds. The van der Waals surface area contributed by atoms with Crippen LogP contribution >= 0.6 is 15.9 Å². The fourth-order valence-electron chi connectivity index (χ4n) is 2.55. The quantitative estimate of drug-likeness (QED) is 0.557. The molecule has 0 atom stereocenters. The second-order valence-corrected chi connectivity index (χ2v) is 6.75. The van der Waals surface area contributed by atoms with Gasteiger partial charge in [0.1, 0.15) is 11.9 Å². The van der Waals surface area contributed by atoms with Crippen molar-refractivity contribution in [2.24, 2.45) is 0 Å². The van der Waals surface area contributed by atoms with Crippen LogP contribution in [0.5, 0.6) is 0 Å². The van der Waals surface area contributed by atoms with E-state index in [-0.39, 0.29) is 11.6 Å². The molecule has 0 bridgehead atoms. The Morgan fingerprint density at radius 2 is 1.85 bits per heavy atom. The molecule has 0 saturated heterocycles. The lowest BCUT2D eigenvalue weighted by Gasteiger charge is -2.28. The van der Waals surface area contributed by atoms with Gasteiger partial charge in [-0.1, -0.05) is 15.9 Å². The molecule has 1 aromatic carbocycles. The van der Waals surface area contributed by atoms with Crippen molar-refractivity contribution in [1.29, 1.82) is 0 Å². The highest BCUT2D eigenvalue weighted by Gasteiger charge is 2.31. The van der Waals surface area contributed by atoms with Crippen molar-refractivity contribution in [3.63, 3.8) is 0 Å². The number of ether oxygens (including phenoxy) is 2. The zero-order chi connectivity index (χ0) is 19.3. The summed E-state index contributed by atoms with van der Waals surface area (Å²) in [5.74, 6) is -1.48. The third kappa shape index (κ3) is 6.47. The Bertz CT molecular complexity index is 660. The van der Waals surface area contributed by atoms with Crippen LogP contribution in [0.3, 0.4) is 0 Å². The van der Waals surface area contributed by atoms with Crippen LogP contribution in [-0.4, -0.2) is 37.0 Å². The van der Waals surface area contributed by atoms with Crippen LogP contribution in [0, 0.1) is 5.82 Å². The third-order valence-electron chi connectivity index (χ3n) is 3.79. The molecule has 0 spiro atoms. The van der Waals surface area contributed by atoms with Gasteiger partial charge in [-0.25, -0.2) is 14.0 Å². The number of alkyl halides is 3. The van der Waals surface area contributed by atoms with Crippen molar-refractivity contribution in [1.82, 2.24) is 5.32 Å². The Labute approximate surface area is 155 Å². The molecule has 1 fully saturated rings. The highest BCUT2D eigenvalue weighted by atomic mass is 79.9. The average Bonchev–Trinajstić information content (AvgIpc) is 2.54. The van der Waals surface area contributed by atoms with Gasteiger partial charge in [0.25, 0.3) is 0 Å². The number of halogens is 5. The van der Waals surface area contributed by atoms with E-state index in [0.29, 0.717) is 30.2 Å². The number of nitrogens with one attached hydrogen (secondary N) is 1. The van der Waals surface area contributed by atoms with Crippen LogP contribution in [-0.2, 0) is 9.47 Å². The van der Waals surface area contributed by atoms with Gasteiger partial charge in [-0.15, -0.1) is 0 Å². The van der Waals surface area contributed by atoms with Gasteiger partial charge in [-0.3, -0.25) is 0 Å². The number of alkyl carbamates (subject to hydrolysis) is 1. The molecule has 0 unspecified atom stereocenters. The molecule has 2 rings (SSSR count). The average molecular weight is 442 g/mol. The standard InChI is InChI=1S/C16H16BrF4NO4/c17-9-1-6-12(13(18)7-9)14(23)26-11-4-2-10(3-5-11)22-15(24)25-8-16(19,20)21/h1,6-7,10-11H,2-5,8H2,(H,22,24). The predicted molar refractivity (Wildman–Crippen MR) is 86.1 cm³/mol. The van der Waals surface area contributed by atoms with Gasteiger partial charge in [0.2, 0.25) is 0 Å². The molecule has 1 aromatic rings. The molecule has 10 heteroatoms. The number of hydrogen-bond acceptors (Lipinski definition) is 4. The molecule has 0 aromatic heterocycles. The Hall–Kier alpha value is -1.84. The van der Waals surface area contributed by atoms with Gasteiger partial charge < -0.3 is 14.8 Å². The fraction of sp³-hybridized carbons (Fsp3) is 0.500. The maximum absolute atomic E-state index is 13.7. The summed E-state index contributed by atoms with van der Waals surface area (Å²) >= 11 is 3.09. The summed E-state index contributed by atoms with van der Waals surface area (Å²) in [6.07, 6.45) is -4.56. The zero-order valence-electron chi connectivity index (χ0n) is 13.4. The Balaban J connectivity index is 1.76. The Kier molecular flexibility index (Phi) is 6.85. The van der Waals surface area contributed by atoms with Crippen LogP contribution < -0.4 is 5.32 Å². The van der Waals surface area contributed by atoms with E-state index in [1.807, 2.05) is 0 Å². The van der Waals surface area contributed by atoms with Crippen molar-refractivity contribution in [2.45, 2.75) is 44.0 Å². The van der Waals surface area contributed by atoms with Gasteiger partial charge in [0, 0.05) is 10.5 Å². The molecule has 0 heterocycles. The van der Waals surface area contributed by atoms with Gasteiger partial charge in [-0.2, -0.15) is 13.2 Å². The van der Waals surface area contributed by atoms with E-state index in [0.717, 1.165) is 6.07 Å². The number of esters is 1. The molecule has 144 valence electrons. The van der Waals surface area contributed by atoms with E-state index in [4.69, 9.17) is 4.74 Å². The van der Waals surface area contributed by atoms with Crippen LogP contribution in [0.15, 0.2) is 22.7 Å². The first-order chi connectivity index (χ1) is 12.1. The first kappa shape index (κ1) is 20.5. The minimum atomic E-state index is -4.58. The van der Waals surface area contributed by atoms with E-state index in [1.54, 1.807) is 0 Å². The minimum absolute atomic E-state index is 0.177.